The molecule has 29 heavy (non-hydrogen) atoms. The summed E-state index contributed by atoms with van der Waals surface area (Å²) in [6.45, 7) is 2.10. The highest BCUT2D eigenvalue weighted by molar-refractivity contribution is 5.79. The van der Waals surface area contributed by atoms with Gasteiger partial charge in [0, 0.05) is 37.2 Å². The number of amides is 1. The second-order valence-corrected chi connectivity index (χ2v) is 8.35. The number of benzene rings is 1. The minimum atomic E-state index is -0.295. The summed E-state index contributed by atoms with van der Waals surface area (Å²) in [5.74, 6) is 0.587. The third-order valence-corrected chi connectivity index (χ3v) is 6.32. The number of carbonyl (C=O) groups is 1. The van der Waals surface area contributed by atoms with Gasteiger partial charge in [-0.3, -0.25) is 9.59 Å². The highest BCUT2D eigenvalue weighted by Gasteiger charge is 2.29. The number of carbonyl (C=O) groups excluding carboxylic acids is 1. The molecule has 154 valence electrons. The van der Waals surface area contributed by atoms with Crippen molar-refractivity contribution in [3.8, 4) is 11.3 Å². The largest absolute Gasteiger partial charge is 0.342 e. The fourth-order valence-electron chi connectivity index (χ4n) is 4.54. The van der Waals surface area contributed by atoms with E-state index in [-0.39, 0.29) is 17.3 Å². The molecule has 0 spiro atoms. The van der Waals surface area contributed by atoms with Gasteiger partial charge >= 0.3 is 0 Å². The van der Waals surface area contributed by atoms with E-state index in [2.05, 4.69) is 5.10 Å². The van der Waals surface area contributed by atoms with E-state index in [0.717, 1.165) is 44.3 Å². The highest BCUT2D eigenvalue weighted by atomic mass is 19.1. The molecule has 2 fully saturated rings. The molecule has 1 amide bonds. The molecular formula is C23H28FN3O2. The summed E-state index contributed by atoms with van der Waals surface area (Å²) in [5, 5.41) is 4.50. The van der Waals surface area contributed by atoms with Crippen LogP contribution >= 0.6 is 0 Å². The van der Waals surface area contributed by atoms with Crippen LogP contribution in [0.5, 0.6) is 0 Å². The number of hydrogen-bond acceptors (Lipinski definition) is 3. The summed E-state index contributed by atoms with van der Waals surface area (Å²) in [5.41, 5.74) is 1.32. The highest BCUT2D eigenvalue weighted by Crippen LogP contribution is 2.28. The van der Waals surface area contributed by atoms with Gasteiger partial charge in [0.1, 0.15) is 5.82 Å². The van der Waals surface area contributed by atoms with Gasteiger partial charge in [-0.2, -0.15) is 5.10 Å². The summed E-state index contributed by atoms with van der Waals surface area (Å²) in [6, 6.07) is 9.33. The number of piperidine rings is 1. The van der Waals surface area contributed by atoms with Gasteiger partial charge in [-0.25, -0.2) is 9.07 Å². The van der Waals surface area contributed by atoms with Gasteiger partial charge in [0.25, 0.3) is 5.56 Å². The zero-order valence-electron chi connectivity index (χ0n) is 16.7. The molecule has 1 aliphatic carbocycles. The molecule has 5 nitrogen and oxygen atoms in total. The SMILES string of the molecule is O=C(C1CCCCC1)N1CCC(Cn2nc(-c3ccc(F)cc3)ccc2=O)CC1. The van der Waals surface area contributed by atoms with E-state index in [0.29, 0.717) is 24.1 Å². The molecule has 2 aromatic rings. The van der Waals surface area contributed by atoms with Gasteiger partial charge in [-0.1, -0.05) is 19.3 Å². The maximum Gasteiger partial charge on any atom is 0.266 e. The van der Waals surface area contributed by atoms with Crippen LogP contribution in [0.1, 0.15) is 44.9 Å². The van der Waals surface area contributed by atoms with E-state index >= 15 is 0 Å². The Labute approximate surface area is 170 Å². The smallest absolute Gasteiger partial charge is 0.266 e. The molecule has 2 aliphatic rings. The van der Waals surface area contributed by atoms with Gasteiger partial charge in [0.05, 0.1) is 5.69 Å². The van der Waals surface area contributed by atoms with Crippen molar-refractivity contribution in [1.82, 2.24) is 14.7 Å². The average molecular weight is 397 g/mol. The van der Waals surface area contributed by atoms with Crippen LogP contribution in [0.3, 0.4) is 0 Å². The lowest BCUT2D eigenvalue weighted by Crippen LogP contribution is -2.43. The van der Waals surface area contributed by atoms with Crippen LogP contribution in [0.4, 0.5) is 4.39 Å². The first-order valence-electron chi connectivity index (χ1n) is 10.7. The van der Waals surface area contributed by atoms with Crippen LogP contribution in [0.15, 0.2) is 41.2 Å². The maximum atomic E-state index is 13.2. The monoisotopic (exact) mass is 397 g/mol. The predicted octanol–water partition coefficient (Wildman–Crippen LogP) is 3.87. The van der Waals surface area contributed by atoms with Gasteiger partial charge in [0.15, 0.2) is 0 Å². The molecule has 1 aliphatic heterocycles. The van der Waals surface area contributed by atoms with Crippen LogP contribution in [-0.4, -0.2) is 33.7 Å². The Morgan fingerprint density at radius 2 is 1.66 bits per heavy atom. The molecule has 1 aromatic carbocycles. The standard InChI is InChI=1S/C23H28FN3O2/c24-20-8-6-18(7-9-20)21-10-11-22(28)27(25-21)16-17-12-14-26(15-13-17)23(29)19-4-2-1-3-5-19/h6-11,17,19H,1-5,12-16H2. The average Bonchev–Trinajstić information content (AvgIpc) is 2.76. The minimum absolute atomic E-state index is 0.128. The van der Waals surface area contributed by atoms with E-state index < -0.39 is 0 Å². The van der Waals surface area contributed by atoms with Gasteiger partial charge in [-0.05, 0) is 61.9 Å². The van der Waals surface area contributed by atoms with Crippen LogP contribution in [-0.2, 0) is 11.3 Å². The van der Waals surface area contributed by atoms with E-state index in [4.69, 9.17) is 0 Å². The fraction of sp³-hybridized carbons (Fsp3) is 0.522. The number of halogens is 1. The molecule has 6 heteroatoms. The Hall–Kier alpha value is -2.50. The third kappa shape index (κ3) is 4.74. The number of nitrogens with zero attached hydrogens (tertiary/aromatic N) is 3. The van der Waals surface area contributed by atoms with Gasteiger partial charge < -0.3 is 4.90 Å². The first-order chi connectivity index (χ1) is 14.1. The molecule has 1 saturated heterocycles. The summed E-state index contributed by atoms with van der Waals surface area (Å²) in [4.78, 5) is 27.0. The Morgan fingerprint density at radius 1 is 0.966 bits per heavy atom. The molecule has 1 saturated carbocycles. The van der Waals surface area contributed by atoms with Gasteiger partial charge in [0.2, 0.25) is 5.91 Å². The molecule has 0 radical (unpaired) electrons. The van der Waals surface area contributed by atoms with Crippen molar-refractivity contribution in [1.29, 1.82) is 0 Å². The number of likely N-dealkylation sites (tertiary alicyclic amines) is 1. The normalized spacial score (nSPS) is 18.7. The van der Waals surface area contributed by atoms with Crippen molar-refractivity contribution in [2.24, 2.45) is 11.8 Å². The molecule has 0 unspecified atom stereocenters. The molecule has 0 atom stereocenters. The lowest BCUT2D eigenvalue weighted by molar-refractivity contribution is -0.138. The van der Waals surface area contributed by atoms with E-state index in [1.54, 1.807) is 18.2 Å². The quantitative estimate of drug-likeness (QED) is 0.787. The lowest BCUT2D eigenvalue weighted by atomic mass is 9.87. The van der Waals surface area contributed by atoms with Crippen molar-refractivity contribution in [3.05, 3.63) is 52.6 Å². The zero-order valence-corrected chi connectivity index (χ0v) is 16.7. The van der Waals surface area contributed by atoms with Crippen molar-refractivity contribution >= 4 is 5.91 Å². The van der Waals surface area contributed by atoms with E-state index in [1.807, 2.05) is 4.90 Å². The second-order valence-electron chi connectivity index (χ2n) is 8.35. The Balaban J connectivity index is 1.38. The lowest BCUT2D eigenvalue weighted by Gasteiger charge is -2.35. The predicted molar refractivity (Wildman–Crippen MR) is 110 cm³/mol. The molecular weight excluding hydrogens is 369 g/mol. The van der Waals surface area contributed by atoms with Crippen molar-refractivity contribution in [2.45, 2.75) is 51.5 Å². The van der Waals surface area contributed by atoms with E-state index in [9.17, 15) is 14.0 Å². The Bertz CT molecular complexity index is 895. The zero-order chi connectivity index (χ0) is 20.2. The minimum Gasteiger partial charge on any atom is -0.342 e. The van der Waals surface area contributed by atoms with Crippen LogP contribution in [0.2, 0.25) is 0 Å². The first-order valence-corrected chi connectivity index (χ1v) is 10.7. The van der Waals surface area contributed by atoms with Crippen LogP contribution in [0.25, 0.3) is 11.3 Å². The molecule has 0 N–H and O–H groups in total. The number of hydrogen-bond donors (Lipinski definition) is 0. The van der Waals surface area contributed by atoms with Crippen molar-refractivity contribution < 1.29 is 9.18 Å². The third-order valence-electron chi connectivity index (χ3n) is 6.32. The molecule has 4 rings (SSSR count). The van der Waals surface area contributed by atoms with Crippen LogP contribution < -0.4 is 5.56 Å². The van der Waals surface area contributed by atoms with Crippen molar-refractivity contribution in [3.63, 3.8) is 0 Å². The van der Waals surface area contributed by atoms with E-state index in [1.165, 1.54) is 42.1 Å². The fourth-order valence-corrected chi connectivity index (χ4v) is 4.54. The molecule has 0 bridgehead atoms. The topological polar surface area (TPSA) is 55.2 Å². The number of aromatic nitrogens is 2. The summed E-state index contributed by atoms with van der Waals surface area (Å²) in [7, 11) is 0. The maximum absolute atomic E-state index is 13.2. The first kappa shape index (κ1) is 19.8. The number of rotatable bonds is 4. The molecule has 2 heterocycles. The Morgan fingerprint density at radius 3 is 2.34 bits per heavy atom. The summed E-state index contributed by atoms with van der Waals surface area (Å²) in [6.07, 6.45) is 7.46. The van der Waals surface area contributed by atoms with Crippen LogP contribution in [0, 0.1) is 17.7 Å². The Kier molecular flexibility index (Phi) is 6.07. The van der Waals surface area contributed by atoms with Crippen molar-refractivity contribution in [2.75, 3.05) is 13.1 Å². The van der Waals surface area contributed by atoms with Gasteiger partial charge in [-0.15, -0.1) is 0 Å². The summed E-state index contributed by atoms with van der Waals surface area (Å²) < 4.78 is 14.7. The molecule has 1 aromatic heterocycles. The summed E-state index contributed by atoms with van der Waals surface area (Å²) >= 11 is 0. The second kappa shape index (κ2) is 8.89.